The number of fused-ring (bicyclic) bond motifs is 3. The van der Waals surface area contributed by atoms with Crippen molar-refractivity contribution in [3.05, 3.63) is 65.6 Å². The van der Waals surface area contributed by atoms with E-state index in [1.165, 1.54) is 0 Å². The van der Waals surface area contributed by atoms with Crippen LogP contribution in [0.1, 0.15) is 23.0 Å². The zero-order valence-corrected chi connectivity index (χ0v) is 11.8. The van der Waals surface area contributed by atoms with E-state index in [0.29, 0.717) is 6.42 Å². The summed E-state index contributed by atoms with van der Waals surface area (Å²) in [6.45, 7) is 0. The SMILES string of the molecule is O=C(O)C1Cc2c([nH]c3ccccc23)C(c2ccccn2)N1. The maximum atomic E-state index is 11.5. The van der Waals surface area contributed by atoms with Gasteiger partial charge >= 0.3 is 5.97 Å². The van der Waals surface area contributed by atoms with E-state index in [-0.39, 0.29) is 6.04 Å². The van der Waals surface area contributed by atoms with Crippen molar-refractivity contribution in [3.63, 3.8) is 0 Å². The van der Waals surface area contributed by atoms with Crippen molar-refractivity contribution in [1.82, 2.24) is 15.3 Å². The highest BCUT2D eigenvalue weighted by Gasteiger charge is 2.34. The molecule has 0 saturated heterocycles. The lowest BCUT2D eigenvalue weighted by molar-refractivity contribution is -0.139. The molecule has 2 aromatic heterocycles. The van der Waals surface area contributed by atoms with Gasteiger partial charge in [0.15, 0.2) is 0 Å². The third kappa shape index (κ3) is 1.98. The van der Waals surface area contributed by atoms with Gasteiger partial charge in [-0.3, -0.25) is 15.1 Å². The van der Waals surface area contributed by atoms with Crippen LogP contribution in [0.3, 0.4) is 0 Å². The molecule has 0 amide bonds. The number of aliphatic carboxylic acids is 1. The van der Waals surface area contributed by atoms with Gasteiger partial charge in [-0.1, -0.05) is 24.3 Å². The number of H-pyrrole nitrogens is 1. The molecule has 2 unspecified atom stereocenters. The van der Waals surface area contributed by atoms with Crippen LogP contribution in [-0.4, -0.2) is 27.1 Å². The van der Waals surface area contributed by atoms with Gasteiger partial charge in [0.25, 0.3) is 0 Å². The molecule has 5 heteroatoms. The number of rotatable bonds is 2. The number of nitrogens with one attached hydrogen (secondary N) is 2. The van der Waals surface area contributed by atoms with Crippen molar-refractivity contribution in [3.8, 4) is 0 Å². The lowest BCUT2D eigenvalue weighted by Gasteiger charge is -2.28. The summed E-state index contributed by atoms with van der Waals surface area (Å²) in [6, 6.07) is 12.8. The fourth-order valence-electron chi connectivity index (χ4n) is 3.17. The van der Waals surface area contributed by atoms with Crippen molar-refractivity contribution in [2.75, 3.05) is 0 Å². The van der Waals surface area contributed by atoms with Gasteiger partial charge in [-0.2, -0.15) is 0 Å². The average Bonchev–Trinajstić information content (AvgIpc) is 2.93. The van der Waals surface area contributed by atoms with Crippen LogP contribution in [0.2, 0.25) is 0 Å². The minimum atomic E-state index is -0.836. The summed E-state index contributed by atoms with van der Waals surface area (Å²) in [6.07, 6.45) is 2.20. The number of aromatic nitrogens is 2. The topological polar surface area (TPSA) is 78.0 Å². The van der Waals surface area contributed by atoms with Crippen LogP contribution in [0.5, 0.6) is 0 Å². The van der Waals surface area contributed by atoms with Gasteiger partial charge in [0, 0.05) is 29.2 Å². The van der Waals surface area contributed by atoms with Crippen LogP contribution in [-0.2, 0) is 11.2 Å². The summed E-state index contributed by atoms with van der Waals surface area (Å²) in [4.78, 5) is 19.3. The third-order valence-corrected chi connectivity index (χ3v) is 4.19. The number of hydrogen-bond acceptors (Lipinski definition) is 3. The van der Waals surface area contributed by atoms with Crippen LogP contribution in [0.25, 0.3) is 10.9 Å². The minimum Gasteiger partial charge on any atom is -0.480 e. The first kappa shape index (κ1) is 13.0. The fraction of sp³-hybridized carbons (Fsp3) is 0.176. The van der Waals surface area contributed by atoms with Crippen molar-refractivity contribution >= 4 is 16.9 Å². The van der Waals surface area contributed by atoms with E-state index in [1.807, 2.05) is 42.5 Å². The van der Waals surface area contributed by atoms with Gasteiger partial charge in [-0.15, -0.1) is 0 Å². The van der Waals surface area contributed by atoms with Crippen molar-refractivity contribution in [1.29, 1.82) is 0 Å². The Morgan fingerprint density at radius 2 is 2.00 bits per heavy atom. The van der Waals surface area contributed by atoms with Crippen LogP contribution < -0.4 is 5.32 Å². The highest BCUT2D eigenvalue weighted by molar-refractivity contribution is 5.87. The maximum Gasteiger partial charge on any atom is 0.321 e. The molecule has 5 nitrogen and oxygen atoms in total. The number of aromatic amines is 1. The molecule has 1 aliphatic heterocycles. The minimum absolute atomic E-state index is 0.238. The molecule has 0 fully saturated rings. The molecule has 0 saturated carbocycles. The molecule has 0 bridgehead atoms. The van der Waals surface area contributed by atoms with Crippen LogP contribution >= 0.6 is 0 Å². The summed E-state index contributed by atoms with van der Waals surface area (Å²) < 4.78 is 0. The van der Waals surface area contributed by atoms with Gasteiger partial charge in [-0.25, -0.2) is 0 Å². The number of para-hydroxylation sites is 1. The predicted molar refractivity (Wildman–Crippen MR) is 82.6 cm³/mol. The maximum absolute atomic E-state index is 11.5. The second-order valence-electron chi connectivity index (χ2n) is 5.51. The second kappa shape index (κ2) is 4.96. The molecule has 0 radical (unpaired) electrons. The average molecular weight is 293 g/mol. The van der Waals surface area contributed by atoms with Gasteiger partial charge < -0.3 is 10.1 Å². The van der Waals surface area contributed by atoms with E-state index in [0.717, 1.165) is 27.9 Å². The Hall–Kier alpha value is -2.66. The molecule has 0 aliphatic carbocycles. The third-order valence-electron chi connectivity index (χ3n) is 4.19. The number of carboxylic acids is 1. The number of pyridine rings is 1. The molecule has 0 spiro atoms. The van der Waals surface area contributed by atoms with Crippen molar-refractivity contribution < 1.29 is 9.90 Å². The Morgan fingerprint density at radius 1 is 1.18 bits per heavy atom. The second-order valence-corrected chi connectivity index (χ2v) is 5.51. The molecule has 3 aromatic rings. The molecule has 1 aromatic carbocycles. The smallest absolute Gasteiger partial charge is 0.321 e. The molecule has 1 aliphatic rings. The van der Waals surface area contributed by atoms with Gasteiger partial charge in [0.1, 0.15) is 6.04 Å². The van der Waals surface area contributed by atoms with Gasteiger partial charge in [0.2, 0.25) is 0 Å². The molecular formula is C17H15N3O2. The van der Waals surface area contributed by atoms with E-state index in [2.05, 4.69) is 15.3 Å². The Labute approximate surface area is 127 Å². The molecule has 4 rings (SSSR count). The van der Waals surface area contributed by atoms with Crippen molar-refractivity contribution in [2.45, 2.75) is 18.5 Å². The number of benzene rings is 1. The first-order chi connectivity index (χ1) is 10.7. The monoisotopic (exact) mass is 293 g/mol. The van der Waals surface area contributed by atoms with Crippen LogP contribution in [0.4, 0.5) is 0 Å². The quantitative estimate of drug-likeness (QED) is 0.677. The summed E-state index contributed by atoms with van der Waals surface area (Å²) in [5.74, 6) is -0.836. The van der Waals surface area contributed by atoms with Gasteiger partial charge in [-0.05, 0) is 23.8 Å². The van der Waals surface area contributed by atoms with Crippen LogP contribution in [0.15, 0.2) is 48.7 Å². The zero-order valence-electron chi connectivity index (χ0n) is 11.8. The Kier molecular flexibility index (Phi) is 2.94. The first-order valence-electron chi connectivity index (χ1n) is 7.23. The normalized spacial score (nSPS) is 20.7. The Balaban J connectivity index is 1.91. The number of carbonyl (C=O) groups is 1. The molecular weight excluding hydrogens is 278 g/mol. The summed E-state index contributed by atoms with van der Waals surface area (Å²) in [5.41, 5.74) is 3.93. The summed E-state index contributed by atoms with van der Waals surface area (Å²) in [5, 5.41) is 13.7. The van der Waals surface area contributed by atoms with E-state index in [4.69, 9.17) is 0 Å². The number of hydrogen-bond donors (Lipinski definition) is 3. The first-order valence-corrected chi connectivity index (χ1v) is 7.23. The van der Waals surface area contributed by atoms with E-state index in [1.54, 1.807) is 6.20 Å². The van der Waals surface area contributed by atoms with E-state index < -0.39 is 12.0 Å². The molecule has 2 atom stereocenters. The van der Waals surface area contributed by atoms with Crippen LogP contribution in [0, 0.1) is 0 Å². The zero-order chi connectivity index (χ0) is 15.1. The lowest BCUT2D eigenvalue weighted by atomic mass is 9.92. The summed E-state index contributed by atoms with van der Waals surface area (Å²) in [7, 11) is 0. The number of nitrogens with zero attached hydrogens (tertiary/aromatic N) is 1. The largest absolute Gasteiger partial charge is 0.480 e. The molecule has 3 heterocycles. The highest BCUT2D eigenvalue weighted by Crippen LogP contribution is 2.34. The predicted octanol–water partition coefficient (Wildman–Crippen LogP) is 2.25. The highest BCUT2D eigenvalue weighted by atomic mass is 16.4. The standard InChI is InChI=1S/C17H15N3O2/c21-17(22)14-9-11-10-5-1-2-6-12(10)19-15(11)16(20-14)13-7-3-4-8-18-13/h1-8,14,16,19-20H,9H2,(H,21,22). The van der Waals surface area contributed by atoms with Crippen molar-refractivity contribution in [2.24, 2.45) is 0 Å². The molecule has 3 N–H and O–H groups in total. The van der Waals surface area contributed by atoms with E-state index in [9.17, 15) is 9.90 Å². The number of carboxylic acid groups (broad SMARTS) is 1. The Morgan fingerprint density at radius 3 is 2.77 bits per heavy atom. The fourth-order valence-corrected chi connectivity index (χ4v) is 3.17. The lowest BCUT2D eigenvalue weighted by Crippen LogP contribution is -2.45. The molecule has 110 valence electrons. The Bertz CT molecular complexity index is 841. The molecule has 22 heavy (non-hydrogen) atoms. The summed E-state index contributed by atoms with van der Waals surface area (Å²) >= 11 is 0. The van der Waals surface area contributed by atoms with Gasteiger partial charge in [0.05, 0.1) is 11.7 Å². The van der Waals surface area contributed by atoms with E-state index >= 15 is 0 Å².